The van der Waals surface area contributed by atoms with Crippen LogP contribution >= 0.6 is 0 Å². The number of para-hydroxylation sites is 1. The molecule has 0 saturated heterocycles. The third-order valence-electron chi connectivity index (χ3n) is 4.08. The highest BCUT2D eigenvalue weighted by Crippen LogP contribution is 2.16. The standard InChI is InChI=1S/C21H17N3O/c25-21(23-18-14-17-5-1-2-6-20(17)22-15-18)13-16-7-9-19(10-8-16)24-11-3-4-12-24/h1-12,14-15H,13H2,(H,23,25). The molecule has 25 heavy (non-hydrogen) atoms. The minimum Gasteiger partial charge on any atom is -0.324 e. The van der Waals surface area contributed by atoms with E-state index in [9.17, 15) is 4.79 Å². The Morgan fingerprint density at radius 3 is 2.52 bits per heavy atom. The van der Waals surface area contributed by atoms with Crippen LogP contribution in [-0.2, 0) is 11.2 Å². The Morgan fingerprint density at radius 2 is 1.72 bits per heavy atom. The molecule has 1 N–H and O–H groups in total. The van der Waals surface area contributed by atoms with Gasteiger partial charge in [-0.1, -0.05) is 30.3 Å². The van der Waals surface area contributed by atoms with E-state index in [0.29, 0.717) is 12.1 Å². The molecule has 0 radical (unpaired) electrons. The topological polar surface area (TPSA) is 46.9 Å². The van der Waals surface area contributed by atoms with Crippen molar-refractivity contribution in [3.63, 3.8) is 0 Å². The molecule has 0 fully saturated rings. The maximum absolute atomic E-state index is 12.3. The van der Waals surface area contributed by atoms with Crippen molar-refractivity contribution in [1.29, 1.82) is 0 Å². The molecule has 0 aliphatic rings. The van der Waals surface area contributed by atoms with E-state index in [1.807, 2.05) is 83.7 Å². The predicted molar refractivity (Wildman–Crippen MR) is 99.8 cm³/mol. The highest BCUT2D eigenvalue weighted by atomic mass is 16.1. The first-order valence-electron chi connectivity index (χ1n) is 8.15. The van der Waals surface area contributed by atoms with Crippen LogP contribution in [0.15, 0.2) is 85.3 Å². The lowest BCUT2D eigenvalue weighted by molar-refractivity contribution is -0.115. The number of aromatic nitrogens is 2. The number of anilines is 1. The molecule has 2 aromatic carbocycles. The monoisotopic (exact) mass is 327 g/mol. The summed E-state index contributed by atoms with van der Waals surface area (Å²) in [5.41, 5.74) is 3.68. The average molecular weight is 327 g/mol. The minimum absolute atomic E-state index is 0.0502. The molecule has 0 atom stereocenters. The third kappa shape index (κ3) is 3.43. The van der Waals surface area contributed by atoms with Gasteiger partial charge in [-0.2, -0.15) is 0 Å². The number of hydrogen-bond acceptors (Lipinski definition) is 2. The van der Waals surface area contributed by atoms with Crippen molar-refractivity contribution in [2.45, 2.75) is 6.42 Å². The van der Waals surface area contributed by atoms with Crippen LogP contribution in [0.25, 0.3) is 16.6 Å². The average Bonchev–Trinajstić information content (AvgIpc) is 3.17. The van der Waals surface area contributed by atoms with Gasteiger partial charge in [-0.3, -0.25) is 9.78 Å². The lowest BCUT2D eigenvalue weighted by Crippen LogP contribution is -2.14. The molecule has 0 spiro atoms. The van der Waals surface area contributed by atoms with E-state index >= 15 is 0 Å². The number of benzene rings is 2. The lowest BCUT2D eigenvalue weighted by atomic mass is 10.1. The summed E-state index contributed by atoms with van der Waals surface area (Å²) in [5, 5.41) is 3.93. The Balaban J connectivity index is 1.44. The number of fused-ring (bicyclic) bond motifs is 1. The number of carbonyl (C=O) groups excluding carboxylic acids is 1. The van der Waals surface area contributed by atoms with E-state index in [4.69, 9.17) is 0 Å². The Hall–Kier alpha value is -3.40. The lowest BCUT2D eigenvalue weighted by Gasteiger charge is -2.07. The Morgan fingerprint density at radius 1 is 0.960 bits per heavy atom. The van der Waals surface area contributed by atoms with Gasteiger partial charge >= 0.3 is 0 Å². The molecule has 0 aliphatic heterocycles. The van der Waals surface area contributed by atoms with Gasteiger partial charge in [0.05, 0.1) is 23.8 Å². The zero-order valence-electron chi connectivity index (χ0n) is 13.6. The number of amides is 1. The van der Waals surface area contributed by atoms with Crippen molar-refractivity contribution in [2.75, 3.05) is 5.32 Å². The normalized spacial score (nSPS) is 10.7. The van der Waals surface area contributed by atoms with Gasteiger partial charge in [-0.05, 0) is 42.0 Å². The zero-order chi connectivity index (χ0) is 17.1. The second kappa shape index (κ2) is 6.61. The van der Waals surface area contributed by atoms with Crippen LogP contribution in [0.2, 0.25) is 0 Å². The van der Waals surface area contributed by atoms with Crippen LogP contribution in [-0.4, -0.2) is 15.5 Å². The number of carbonyl (C=O) groups is 1. The second-order valence-corrected chi connectivity index (χ2v) is 5.90. The second-order valence-electron chi connectivity index (χ2n) is 5.90. The summed E-state index contributed by atoms with van der Waals surface area (Å²) in [7, 11) is 0. The predicted octanol–water partition coefficient (Wildman–Crippen LogP) is 4.21. The van der Waals surface area contributed by atoms with Crippen molar-refractivity contribution < 1.29 is 4.79 Å². The quantitative estimate of drug-likeness (QED) is 0.610. The fourth-order valence-corrected chi connectivity index (χ4v) is 2.82. The first kappa shape index (κ1) is 15.1. The Labute approximate surface area is 145 Å². The smallest absolute Gasteiger partial charge is 0.228 e. The number of nitrogens with one attached hydrogen (secondary N) is 1. The van der Waals surface area contributed by atoms with Crippen LogP contribution in [0.3, 0.4) is 0 Å². The number of rotatable bonds is 4. The molecule has 0 saturated carbocycles. The first-order valence-corrected chi connectivity index (χ1v) is 8.15. The van der Waals surface area contributed by atoms with Gasteiger partial charge in [-0.25, -0.2) is 0 Å². The SMILES string of the molecule is O=C(Cc1ccc(-n2cccc2)cc1)Nc1cnc2ccccc2c1. The third-order valence-corrected chi connectivity index (χ3v) is 4.08. The van der Waals surface area contributed by atoms with Gasteiger partial charge < -0.3 is 9.88 Å². The van der Waals surface area contributed by atoms with Crippen LogP contribution in [0.1, 0.15) is 5.56 Å². The molecule has 4 nitrogen and oxygen atoms in total. The first-order chi connectivity index (χ1) is 12.3. The molecule has 4 aromatic rings. The molecular weight excluding hydrogens is 310 g/mol. The van der Waals surface area contributed by atoms with Gasteiger partial charge in [-0.15, -0.1) is 0 Å². The fourth-order valence-electron chi connectivity index (χ4n) is 2.82. The summed E-state index contributed by atoms with van der Waals surface area (Å²) in [4.78, 5) is 16.7. The summed E-state index contributed by atoms with van der Waals surface area (Å²) in [6.07, 6.45) is 6.01. The van der Waals surface area contributed by atoms with Crippen molar-refractivity contribution in [3.05, 3.63) is 90.9 Å². The number of nitrogens with zero attached hydrogens (tertiary/aromatic N) is 2. The molecule has 4 rings (SSSR count). The highest BCUT2D eigenvalue weighted by Gasteiger charge is 2.06. The largest absolute Gasteiger partial charge is 0.324 e. The molecular formula is C21H17N3O. The molecule has 0 unspecified atom stereocenters. The van der Waals surface area contributed by atoms with E-state index in [1.165, 1.54) is 0 Å². The summed E-state index contributed by atoms with van der Waals surface area (Å²) in [5.74, 6) is -0.0502. The van der Waals surface area contributed by atoms with Gasteiger partial charge in [0.25, 0.3) is 0 Å². The highest BCUT2D eigenvalue weighted by molar-refractivity contribution is 5.94. The summed E-state index contributed by atoms with van der Waals surface area (Å²) in [6.45, 7) is 0. The van der Waals surface area contributed by atoms with E-state index < -0.39 is 0 Å². The fraction of sp³-hybridized carbons (Fsp3) is 0.0476. The molecule has 122 valence electrons. The zero-order valence-corrected chi connectivity index (χ0v) is 13.6. The molecule has 0 bridgehead atoms. The molecule has 0 aliphatic carbocycles. The van der Waals surface area contributed by atoms with Crippen LogP contribution in [0.5, 0.6) is 0 Å². The Bertz CT molecular complexity index is 1000. The van der Waals surface area contributed by atoms with E-state index in [2.05, 4.69) is 10.3 Å². The maximum Gasteiger partial charge on any atom is 0.228 e. The Kier molecular flexibility index (Phi) is 4.01. The number of hydrogen-bond donors (Lipinski definition) is 1. The molecule has 4 heteroatoms. The van der Waals surface area contributed by atoms with Crippen LogP contribution in [0.4, 0.5) is 5.69 Å². The van der Waals surface area contributed by atoms with Crippen molar-refractivity contribution in [1.82, 2.24) is 9.55 Å². The van der Waals surface area contributed by atoms with Crippen LogP contribution in [0, 0.1) is 0 Å². The molecule has 2 aromatic heterocycles. The maximum atomic E-state index is 12.3. The van der Waals surface area contributed by atoms with Gasteiger partial charge in [0.15, 0.2) is 0 Å². The van der Waals surface area contributed by atoms with Gasteiger partial charge in [0, 0.05) is 23.5 Å². The van der Waals surface area contributed by atoms with E-state index in [0.717, 1.165) is 22.2 Å². The van der Waals surface area contributed by atoms with E-state index in [-0.39, 0.29) is 5.91 Å². The van der Waals surface area contributed by atoms with Crippen LogP contribution < -0.4 is 5.32 Å². The van der Waals surface area contributed by atoms with Crippen molar-refractivity contribution in [3.8, 4) is 5.69 Å². The minimum atomic E-state index is -0.0502. The molecule has 2 heterocycles. The summed E-state index contributed by atoms with van der Waals surface area (Å²) in [6, 6.07) is 21.7. The van der Waals surface area contributed by atoms with Crippen molar-refractivity contribution >= 4 is 22.5 Å². The van der Waals surface area contributed by atoms with Gasteiger partial charge in [0.2, 0.25) is 5.91 Å². The summed E-state index contributed by atoms with van der Waals surface area (Å²) >= 11 is 0. The summed E-state index contributed by atoms with van der Waals surface area (Å²) < 4.78 is 2.03. The van der Waals surface area contributed by atoms with Crippen molar-refractivity contribution in [2.24, 2.45) is 0 Å². The van der Waals surface area contributed by atoms with Gasteiger partial charge in [0.1, 0.15) is 0 Å². The molecule has 1 amide bonds. The number of pyridine rings is 1. The van der Waals surface area contributed by atoms with E-state index in [1.54, 1.807) is 6.20 Å².